The summed E-state index contributed by atoms with van der Waals surface area (Å²) in [6, 6.07) is 14.6. The number of aromatic nitrogens is 2. The molecule has 2 aromatic carbocycles. The van der Waals surface area contributed by atoms with Crippen molar-refractivity contribution in [2.45, 2.75) is 44.6 Å². The van der Waals surface area contributed by atoms with E-state index in [-0.39, 0.29) is 11.7 Å². The van der Waals surface area contributed by atoms with Crippen molar-refractivity contribution in [1.82, 2.24) is 14.9 Å². The van der Waals surface area contributed by atoms with Crippen LogP contribution in [0.15, 0.2) is 48.5 Å². The number of hydrogen-bond acceptors (Lipinski definition) is 2. The van der Waals surface area contributed by atoms with Gasteiger partial charge in [0.25, 0.3) is 0 Å². The van der Waals surface area contributed by atoms with E-state index in [9.17, 15) is 9.18 Å². The molecule has 1 heterocycles. The standard InChI is InChI=1S/C22H24FN3O/c1-16-25-19-9-2-3-10-20(19)26(16)14-6-13-24-21(27)22(11-5-12-22)17-7-4-8-18(23)15-17/h2-4,7-10,15H,5-6,11-14H2,1H3,(H,24,27). The van der Waals surface area contributed by atoms with Crippen molar-refractivity contribution in [1.29, 1.82) is 0 Å². The van der Waals surface area contributed by atoms with Gasteiger partial charge in [0, 0.05) is 13.1 Å². The van der Waals surface area contributed by atoms with Crippen LogP contribution in [0.25, 0.3) is 11.0 Å². The predicted molar refractivity (Wildman–Crippen MR) is 104 cm³/mol. The Hall–Kier alpha value is -2.69. The second-order valence-electron chi connectivity index (χ2n) is 7.35. The third-order valence-electron chi connectivity index (χ3n) is 5.71. The van der Waals surface area contributed by atoms with Gasteiger partial charge >= 0.3 is 0 Å². The van der Waals surface area contributed by atoms with Crippen LogP contribution in [0.1, 0.15) is 37.1 Å². The summed E-state index contributed by atoms with van der Waals surface area (Å²) in [5.74, 6) is 0.721. The van der Waals surface area contributed by atoms with Crippen molar-refractivity contribution in [3.05, 3.63) is 65.7 Å². The normalized spacial score (nSPS) is 15.5. The third kappa shape index (κ3) is 3.22. The highest BCUT2D eigenvalue weighted by Crippen LogP contribution is 2.44. The number of para-hydroxylation sites is 2. The van der Waals surface area contributed by atoms with E-state index in [1.54, 1.807) is 6.07 Å². The van der Waals surface area contributed by atoms with E-state index in [0.717, 1.165) is 54.6 Å². The Morgan fingerprint density at radius 2 is 2.04 bits per heavy atom. The molecule has 4 rings (SSSR count). The Labute approximate surface area is 158 Å². The smallest absolute Gasteiger partial charge is 0.230 e. The zero-order chi connectivity index (χ0) is 18.9. The van der Waals surface area contributed by atoms with E-state index < -0.39 is 5.41 Å². The molecule has 5 heteroatoms. The molecular formula is C22H24FN3O. The van der Waals surface area contributed by atoms with E-state index in [2.05, 4.69) is 20.9 Å². The highest BCUT2D eigenvalue weighted by molar-refractivity contribution is 5.89. The fourth-order valence-electron chi connectivity index (χ4n) is 4.05. The van der Waals surface area contributed by atoms with Crippen molar-refractivity contribution in [2.75, 3.05) is 6.54 Å². The molecule has 27 heavy (non-hydrogen) atoms. The molecule has 1 amide bonds. The molecule has 1 aliphatic rings. The maximum Gasteiger partial charge on any atom is 0.230 e. The topological polar surface area (TPSA) is 46.9 Å². The minimum absolute atomic E-state index is 0.0200. The van der Waals surface area contributed by atoms with Gasteiger partial charge in [-0.05, 0) is 56.0 Å². The lowest BCUT2D eigenvalue weighted by atomic mass is 9.64. The summed E-state index contributed by atoms with van der Waals surface area (Å²) in [6.07, 6.45) is 3.40. The maximum atomic E-state index is 13.6. The van der Waals surface area contributed by atoms with E-state index in [0.29, 0.717) is 6.54 Å². The van der Waals surface area contributed by atoms with Gasteiger partial charge in [-0.1, -0.05) is 30.7 Å². The number of carbonyl (C=O) groups is 1. The summed E-state index contributed by atoms with van der Waals surface area (Å²) < 4.78 is 15.8. The molecule has 4 nitrogen and oxygen atoms in total. The molecule has 0 saturated heterocycles. The molecule has 1 aromatic heterocycles. The molecule has 1 saturated carbocycles. The maximum absolute atomic E-state index is 13.6. The molecule has 0 bridgehead atoms. The first-order valence-electron chi connectivity index (χ1n) is 9.56. The van der Waals surface area contributed by atoms with Crippen LogP contribution in [-0.2, 0) is 16.8 Å². The monoisotopic (exact) mass is 365 g/mol. The van der Waals surface area contributed by atoms with Crippen LogP contribution in [-0.4, -0.2) is 22.0 Å². The lowest BCUT2D eigenvalue weighted by Gasteiger charge is -2.40. The Morgan fingerprint density at radius 3 is 2.78 bits per heavy atom. The lowest BCUT2D eigenvalue weighted by Crippen LogP contribution is -2.49. The molecule has 1 N–H and O–H groups in total. The summed E-state index contributed by atoms with van der Waals surface area (Å²) in [5, 5.41) is 3.08. The van der Waals surface area contributed by atoms with Gasteiger partial charge in [-0.25, -0.2) is 9.37 Å². The average Bonchev–Trinajstić information content (AvgIpc) is 2.93. The summed E-state index contributed by atoms with van der Waals surface area (Å²) in [5.41, 5.74) is 2.36. The number of carbonyl (C=O) groups excluding carboxylic acids is 1. The quantitative estimate of drug-likeness (QED) is 0.668. The van der Waals surface area contributed by atoms with Crippen LogP contribution in [0.3, 0.4) is 0 Å². The Balaban J connectivity index is 1.38. The third-order valence-corrected chi connectivity index (χ3v) is 5.71. The van der Waals surface area contributed by atoms with Crippen LogP contribution in [0.5, 0.6) is 0 Å². The first-order chi connectivity index (χ1) is 13.1. The molecule has 0 unspecified atom stereocenters. The van der Waals surface area contributed by atoms with Crippen LogP contribution in [0.4, 0.5) is 4.39 Å². The van der Waals surface area contributed by atoms with Gasteiger partial charge in [0.1, 0.15) is 11.6 Å². The van der Waals surface area contributed by atoms with Crippen molar-refractivity contribution in [3.8, 4) is 0 Å². The Bertz CT molecular complexity index is 975. The number of nitrogens with zero attached hydrogens (tertiary/aromatic N) is 2. The molecule has 140 valence electrons. The second kappa shape index (κ2) is 7.14. The first-order valence-corrected chi connectivity index (χ1v) is 9.56. The molecule has 0 spiro atoms. The number of amides is 1. The average molecular weight is 365 g/mol. The number of fused-ring (bicyclic) bond motifs is 1. The van der Waals surface area contributed by atoms with E-state index in [1.165, 1.54) is 12.1 Å². The second-order valence-corrected chi connectivity index (χ2v) is 7.35. The molecule has 0 radical (unpaired) electrons. The fraction of sp³-hybridized carbons (Fsp3) is 0.364. The SMILES string of the molecule is Cc1nc2ccccc2n1CCCNC(=O)C1(c2cccc(F)c2)CCC1. The lowest BCUT2D eigenvalue weighted by molar-refractivity contribution is -0.129. The summed E-state index contributed by atoms with van der Waals surface area (Å²) >= 11 is 0. The van der Waals surface area contributed by atoms with E-state index in [1.807, 2.05) is 31.2 Å². The minimum atomic E-state index is -0.556. The Morgan fingerprint density at radius 1 is 1.22 bits per heavy atom. The molecule has 0 aliphatic heterocycles. The highest BCUT2D eigenvalue weighted by Gasteiger charge is 2.45. The van der Waals surface area contributed by atoms with Crippen LogP contribution < -0.4 is 5.32 Å². The molecule has 0 atom stereocenters. The molecule has 1 fully saturated rings. The van der Waals surface area contributed by atoms with Gasteiger partial charge in [-0.15, -0.1) is 0 Å². The van der Waals surface area contributed by atoms with Crippen molar-refractivity contribution < 1.29 is 9.18 Å². The van der Waals surface area contributed by atoms with Gasteiger partial charge in [-0.3, -0.25) is 4.79 Å². The van der Waals surface area contributed by atoms with Crippen molar-refractivity contribution in [2.24, 2.45) is 0 Å². The number of aryl methyl sites for hydroxylation is 2. The largest absolute Gasteiger partial charge is 0.355 e. The van der Waals surface area contributed by atoms with Crippen molar-refractivity contribution >= 4 is 16.9 Å². The van der Waals surface area contributed by atoms with Gasteiger partial charge in [0.2, 0.25) is 5.91 Å². The first kappa shape index (κ1) is 17.7. The highest BCUT2D eigenvalue weighted by atomic mass is 19.1. The van der Waals surface area contributed by atoms with Gasteiger partial charge in [0.15, 0.2) is 0 Å². The van der Waals surface area contributed by atoms with Gasteiger partial charge in [0.05, 0.1) is 16.4 Å². The molecular weight excluding hydrogens is 341 g/mol. The summed E-state index contributed by atoms with van der Waals surface area (Å²) in [4.78, 5) is 17.4. The minimum Gasteiger partial charge on any atom is -0.355 e. The van der Waals surface area contributed by atoms with Gasteiger partial charge < -0.3 is 9.88 Å². The predicted octanol–water partition coefficient (Wildman–Crippen LogP) is 4.11. The van der Waals surface area contributed by atoms with Crippen LogP contribution >= 0.6 is 0 Å². The number of halogens is 1. The van der Waals surface area contributed by atoms with Gasteiger partial charge in [-0.2, -0.15) is 0 Å². The zero-order valence-corrected chi connectivity index (χ0v) is 15.5. The number of benzene rings is 2. The van der Waals surface area contributed by atoms with Crippen LogP contribution in [0, 0.1) is 12.7 Å². The number of imidazole rings is 1. The number of rotatable bonds is 6. The van der Waals surface area contributed by atoms with E-state index >= 15 is 0 Å². The number of nitrogens with one attached hydrogen (secondary N) is 1. The Kier molecular flexibility index (Phi) is 4.68. The van der Waals surface area contributed by atoms with Crippen molar-refractivity contribution in [3.63, 3.8) is 0 Å². The molecule has 3 aromatic rings. The zero-order valence-electron chi connectivity index (χ0n) is 15.5. The molecule has 1 aliphatic carbocycles. The van der Waals surface area contributed by atoms with E-state index in [4.69, 9.17) is 0 Å². The van der Waals surface area contributed by atoms with Crippen LogP contribution in [0.2, 0.25) is 0 Å². The fourth-order valence-corrected chi connectivity index (χ4v) is 4.05. The summed E-state index contributed by atoms with van der Waals surface area (Å²) in [7, 11) is 0. The summed E-state index contributed by atoms with van der Waals surface area (Å²) in [6.45, 7) is 3.41. The number of hydrogen-bond donors (Lipinski definition) is 1.